The van der Waals surface area contributed by atoms with Crippen molar-refractivity contribution in [2.45, 2.75) is 6.42 Å². The van der Waals surface area contributed by atoms with E-state index in [9.17, 15) is 14.7 Å². The third kappa shape index (κ3) is 3.96. The van der Waals surface area contributed by atoms with E-state index in [4.69, 9.17) is 4.74 Å². The molecule has 0 radical (unpaired) electrons. The summed E-state index contributed by atoms with van der Waals surface area (Å²) in [7, 11) is 1.57. The molecule has 1 fully saturated rings. The predicted octanol–water partition coefficient (Wildman–Crippen LogP) is 2.39. The van der Waals surface area contributed by atoms with Gasteiger partial charge in [0.15, 0.2) is 0 Å². The largest absolute Gasteiger partial charge is 0.508 e. The van der Waals surface area contributed by atoms with Crippen LogP contribution in [-0.4, -0.2) is 60.0 Å². The number of phenolic OH excluding ortho intramolecular Hbond substituents is 1. The summed E-state index contributed by atoms with van der Waals surface area (Å²) in [5.74, 6) is 0.527. The first-order chi connectivity index (χ1) is 12.6. The van der Waals surface area contributed by atoms with Gasteiger partial charge in [0.2, 0.25) is 0 Å². The molecule has 0 aliphatic carbocycles. The first kappa shape index (κ1) is 17.8. The standard InChI is InChI=1S/C20H22N2O4/c1-26-18-8-3-6-16(14-18)20(25)22-10-4-9-21(11-12-22)19(24)15-5-2-7-17(23)13-15/h2-3,5-8,13-14,23H,4,9-12H2,1H3. The molecule has 2 amide bonds. The van der Waals surface area contributed by atoms with Crippen LogP contribution in [0, 0.1) is 0 Å². The maximum Gasteiger partial charge on any atom is 0.254 e. The van der Waals surface area contributed by atoms with Gasteiger partial charge in [0, 0.05) is 37.3 Å². The molecular formula is C20H22N2O4. The molecule has 6 nitrogen and oxygen atoms in total. The summed E-state index contributed by atoms with van der Waals surface area (Å²) in [6.45, 7) is 2.11. The van der Waals surface area contributed by atoms with Crippen LogP contribution >= 0.6 is 0 Å². The summed E-state index contributed by atoms with van der Waals surface area (Å²) in [6.07, 6.45) is 0.709. The number of hydrogen-bond acceptors (Lipinski definition) is 4. The van der Waals surface area contributed by atoms with Gasteiger partial charge in [0.25, 0.3) is 11.8 Å². The smallest absolute Gasteiger partial charge is 0.254 e. The molecule has 1 heterocycles. The van der Waals surface area contributed by atoms with Gasteiger partial charge in [-0.05, 0) is 42.8 Å². The number of aromatic hydroxyl groups is 1. The van der Waals surface area contributed by atoms with Crippen LogP contribution in [0.2, 0.25) is 0 Å². The molecule has 2 aromatic carbocycles. The molecule has 1 N–H and O–H groups in total. The topological polar surface area (TPSA) is 70.1 Å². The van der Waals surface area contributed by atoms with Crippen molar-refractivity contribution in [2.75, 3.05) is 33.3 Å². The van der Waals surface area contributed by atoms with Gasteiger partial charge in [-0.25, -0.2) is 0 Å². The van der Waals surface area contributed by atoms with Gasteiger partial charge < -0.3 is 19.6 Å². The number of carbonyl (C=O) groups excluding carboxylic acids is 2. The molecule has 3 rings (SSSR count). The number of carbonyl (C=O) groups is 2. The zero-order valence-electron chi connectivity index (χ0n) is 14.7. The fourth-order valence-corrected chi connectivity index (χ4v) is 3.08. The Kier molecular flexibility index (Phi) is 5.41. The molecule has 0 spiro atoms. The maximum absolute atomic E-state index is 12.7. The lowest BCUT2D eigenvalue weighted by molar-refractivity contribution is 0.0718. The van der Waals surface area contributed by atoms with E-state index >= 15 is 0 Å². The van der Waals surface area contributed by atoms with E-state index in [1.807, 2.05) is 0 Å². The number of methoxy groups -OCH3 is 1. The zero-order chi connectivity index (χ0) is 18.5. The van der Waals surface area contributed by atoms with E-state index in [1.165, 1.54) is 12.1 Å². The zero-order valence-corrected chi connectivity index (χ0v) is 14.7. The molecule has 1 saturated heterocycles. The maximum atomic E-state index is 12.7. The number of phenols is 1. The van der Waals surface area contributed by atoms with Crippen LogP contribution in [0.4, 0.5) is 0 Å². The lowest BCUT2D eigenvalue weighted by atomic mass is 10.2. The Hall–Kier alpha value is -3.02. The minimum Gasteiger partial charge on any atom is -0.508 e. The third-order valence-corrected chi connectivity index (χ3v) is 4.48. The van der Waals surface area contributed by atoms with Crippen LogP contribution in [0.5, 0.6) is 11.5 Å². The van der Waals surface area contributed by atoms with Crippen LogP contribution in [-0.2, 0) is 0 Å². The Balaban J connectivity index is 1.68. The van der Waals surface area contributed by atoms with Gasteiger partial charge in [0.05, 0.1) is 7.11 Å². The Morgan fingerprint density at radius 3 is 2.04 bits per heavy atom. The first-order valence-corrected chi connectivity index (χ1v) is 8.60. The Labute approximate surface area is 152 Å². The number of benzene rings is 2. The van der Waals surface area contributed by atoms with Gasteiger partial charge in [-0.15, -0.1) is 0 Å². The predicted molar refractivity (Wildman–Crippen MR) is 97.5 cm³/mol. The van der Waals surface area contributed by atoms with E-state index < -0.39 is 0 Å². The van der Waals surface area contributed by atoms with Gasteiger partial charge in [0.1, 0.15) is 11.5 Å². The number of amides is 2. The summed E-state index contributed by atoms with van der Waals surface area (Å²) in [5, 5.41) is 9.57. The van der Waals surface area contributed by atoms with Crippen molar-refractivity contribution in [1.82, 2.24) is 9.80 Å². The number of ether oxygens (including phenoxy) is 1. The average Bonchev–Trinajstić information content (AvgIpc) is 2.93. The molecule has 0 atom stereocenters. The number of rotatable bonds is 3. The highest BCUT2D eigenvalue weighted by molar-refractivity contribution is 5.96. The molecular weight excluding hydrogens is 332 g/mol. The van der Waals surface area contributed by atoms with Crippen LogP contribution in [0.3, 0.4) is 0 Å². The van der Waals surface area contributed by atoms with Crippen molar-refractivity contribution in [1.29, 1.82) is 0 Å². The molecule has 0 bridgehead atoms. The highest BCUT2D eigenvalue weighted by Gasteiger charge is 2.23. The van der Waals surface area contributed by atoms with Gasteiger partial charge in [-0.3, -0.25) is 9.59 Å². The number of hydrogen-bond donors (Lipinski definition) is 1. The first-order valence-electron chi connectivity index (χ1n) is 8.60. The molecule has 6 heteroatoms. The second kappa shape index (κ2) is 7.91. The lowest BCUT2D eigenvalue weighted by Crippen LogP contribution is -2.37. The average molecular weight is 354 g/mol. The highest BCUT2D eigenvalue weighted by Crippen LogP contribution is 2.17. The fourth-order valence-electron chi connectivity index (χ4n) is 3.08. The van der Waals surface area contributed by atoms with Crippen molar-refractivity contribution >= 4 is 11.8 Å². The SMILES string of the molecule is COc1cccc(C(=O)N2CCCN(C(=O)c3cccc(O)c3)CC2)c1. The van der Waals surface area contributed by atoms with Crippen molar-refractivity contribution < 1.29 is 19.4 Å². The summed E-state index contributed by atoms with van der Waals surface area (Å²) in [5.41, 5.74) is 1.04. The Morgan fingerprint density at radius 2 is 1.46 bits per heavy atom. The minimum absolute atomic E-state index is 0.0597. The molecule has 1 aliphatic heterocycles. The monoisotopic (exact) mass is 354 g/mol. The normalized spacial score (nSPS) is 14.7. The summed E-state index contributed by atoms with van der Waals surface area (Å²) in [4.78, 5) is 28.9. The van der Waals surface area contributed by atoms with E-state index in [1.54, 1.807) is 53.3 Å². The minimum atomic E-state index is -0.128. The summed E-state index contributed by atoms with van der Waals surface area (Å²) < 4.78 is 5.18. The second-order valence-corrected chi connectivity index (χ2v) is 6.22. The second-order valence-electron chi connectivity index (χ2n) is 6.22. The van der Waals surface area contributed by atoms with Crippen LogP contribution < -0.4 is 4.74 Å². The molecule has 2 aromatic rings. The van der Waals surface area contributed by atoms with Crippen molar-refractivity contribution in [3.8, 4) is 11.5 Å². The van der Waals surface area contributed by atoms with Crippen LogP contribution in [0.15, 0.2) is 48.5 Å². The third-order valence-electron chi connectivity index (χ3n) is 4.48. The summed E-state index contributed by atoms with van der Waals surface area (Å²) in [6, 6.07) is 13.4. The van der Waals surface area contributed by atoms with Crippen molar-refractivity contribution in [2.24, 2.45) is 0 Å². The highest BCUT2D eigenvalue weighted by atomic mass is 16.5. The van der Waals surface area contributed by atoms with E-state index in [0.717, 1.165) is 0 Å². The van der Waals surface area contributed by atoms with Gasteiger partial charge in [-0.2, -0.15) is 0 Å². The molecule has 136 valence electrons. The van der Waals surface area contributed by atoms with Gasteiger partial charge in [-0.1, -0.05) is 12.1 Å². The Bertz CT molecular complexity index is 806. The van der Waals surface area contributed by atoms with Gasteiger partial charge >= 0.3 is 0 Å². The van der Waals surface area contributed by atoms with Crippen LogP contribution in [0.1, 0.15) is 27.1 Å². The quantitative estimate of drug-likeness (QED) is 0.919. The molecule has 26 heavy (non-hydrogen) atoms. The van der Waals surface area contributed by atoms with E-state index in [0.29, 0.717) is 49.5 Å². The molecule has 0 saturated carbocycles. The summed E-state index contributed by atoms with van der Waals surface area (Å²) >= 11 is 0. The molecule has 0 unspecified atom stereocenters. The number of nitrogens with zero attached hydrogens (tertiary/aromatic N) is 2. The van der Waals surface area contributed by atoms with Crippen molar-refractivity contribution in [3.63, 3.8) is 0 Å². The van der Waals surface area contributed by atoms with Crippen molar-refractivity contribution in [3.05, 3.63) is 59.7 Å². The molecule has 1 aliphatic rings. The molecule has 0 aromatic heterocycles. The lowest BCUT2D eigenvalue weighted by Gasteiger charge is -2.22. The van der Waals surface area contributed by atoms with E-state index in [-0.39, 0.29) is 17.6 Å². The van der Waals surface area contributed by atoms with Crippen LogP contribution in [0.25, 0.3) is 0 Å². The Morgan fingerprint density at radius 1 is 0.885 bits per heavy atom. The van der Waals surface area contributed by atoms with E-state index in [2.05, 4.69) is 0 Å². The fraction of sp³-hybridized carbons (Fsp3) is 0.300.